The van der Waals surface area contributed by atoms with Gasteiger partial charge in [0.2, 0.25) is 0 Å². The lowest BCUT2D eigenvalue weighted by atomic mass is 10.3. The summed E-state index contributed by atoms with van der Waals surface area (Å²) in [5.41, 5.74) is 1.81. The monoisotopic (exact) mass is 201 g/mol. The van der Waals surface area contributed by atoms with E-state index in [9.17, 15) is 0 Å². The zero-order valence-corrected chi connectivity index (χ0v) is 8.10. The molecule has 0 aliphatic rings. The van der Waals surface area contributed by atoms with Gasteiger partial charge in [0.05, 0.1) is 7.05 Å². The van der Waals surface area contributed by atoms with E-state index in [1.807, 2.05) is 30.3 Å². The van der Waals surface area contributed by atoms with Crippen LogP contribution in [0.1, 0.15) is 5.82 Å². The molecule has 1 aromatic carbocycles. The van der Waals surface area contributed by atoms with Gasteiger partial charge in [0, 0.05) is 0 Å². The van der Waals surface area contributed by atoms with Gasteiger partial charge in [-0.2, -0.15) is 5.26 Å². The van der Waals surface area contributed by atoms with Gasteiger partial charge < -0.3 is 5.21 Å². The van der Waals surface area contributed by atoms with Crippen molar-refractivity contribution in [2.75, 3.05) is 0 Å². The Morgan fingerprint density at radius 1 is 1.53 bits per heavy atom. The number of benzene rings is 1. The van der Waals surface area contributed by atoms with E-state index in [-0.39, 0.29) is 5.71 Å². The third kappa shape index (κ3) is 1.32. The Hall–Kier alpha value is -2.35. The minimum atomic E-state index is -0.0336. The highest BCUT2D eigenvalue weighted by atomic mass is 16.4. The van der Waals surface area contributed by atoms with Crippen LogP contribution < -0.4 is 4.57 Å². The molecule has 0 unspecified atom stereocenters. The Balaban J connectivity index is 2.75. The Kier molecular flexibility index (Phi) is 2.10. The summed E-state index contributed by atoms with van der Waals surface area (Å²) in [5.74, 6) is 0.487. The molecule has 0 spiro atoms. The molecule has 5 heteroatoms. The molecular formula is C10H9N4O+. The van der Waals surface area contributed by atoms with Crippen molar-refractivity contribution in [2.24, 2.45) is 12.2 Å². The van der Waals surface area contributed by atoms with Gasteiger partial charge in [-0.1, -0.05) is 17.3 Å². The first-order chi connectivity index (χ1) is 7.27. The second-order valence-corrected chi connectivity index (χ2v) is 3.11. The van der Waals surface area contributed by atoms with Gasteiger partial charge in [-0.3, -0.25) is 0 Å². The number of aromatic amines is 1. The Labute approximate surface area is 85.9 Å². The highest BCUT2D eigenvalue weighted by Gasteiger charge is 2.20. The number of H-pyrrole nitrogens is 1. The predicted octanol–water partition coefficient (Wildman–Crippen LogP) is 0.694. The van der Waals surface area contributed by atoms with Crippen LogP contribution in [0.2, 0.25) is 0 Å². The van der Waals surface area contributed by atoms with E-state index in [0.29, 0.717) is 5.82 Å². The van der Waals surface area contributed by atoms with E-state index in [2.05, 4.69) is 10.1 Å². The average Bonchev–Trinajstić information content (AvgIpc) is 2.60. The molecule has 0 fully saturated rings. The van der Waals surface area contributed by atoms with Gasteiger partial charge in [-0.05, 0) is 12.1 Å². The van der Waals surface area contributed by atoms with Crippen LogP contribution in [0.3, 0.4) is 0 Å². The summed E-state index contributed by atoms with van der Waals surface area (Å²) in [4.78, 5) is 3.02. The zero-order chi connectivity index (χ0) is 10.8. The maximum Gasteiger partial charge on any atom is 0.320 e. The minimum absolute atomic E-state index is 0.0336. The third-order valence-corrected chi connectivity index (χ3v) is 2.28. The first-order valence-corrected chi connectivity index (χ1v) is 4.37. The minimum Gasteiger partial charge on any atom is -0.410 e. The number of nitrogens with zero attached hydrogens (tertiary/aromatic N) is 3. The molecule has 0 aliphatic carbocycles. The number of para-hydroxylation sites is 2. The molecule has 0 amide bonds. The summed E-state index contributed by atoms with van der Waals surface area (Å²) >= 11 is 0. The maximum atomic E-state index is 8.75. The van der Waals surface area contributed by atoms with Crippen molar-refractivity contribution in [3.8, 4) is 6.07 Å². The van der Waals surface area contributed by atoms with Crippen molar-refractivity contribution < 1.29 is 9.77 Å². The summed E-state index contributed by atoms with van der Waals surface area (Å²) in [6.45, 7) is 0. The van der Waals surface area contributed by atoms with Crippen molar-refractivity contribution in [2.45, 2.75) is 0 Å². The number of hydrogen-bond acceptors (Lipinski definition) is 3. The molecule has 1 aromatic heterocycles. The van der Waals surface area contributed by atoms with E-state index in [4.69, 9.17) is 10.5 Å². The van der Waals surface area contributed by atoms with E-state index in [1.54, 1.807) is 11.6 Å². The molecular weight excluding hydrogens is 192 g/mol. The van der Waals surface area contributed by atoms with Crippen molar-refractivity contribution in [3.63, 3.8) is 0 Å². The van der Waals surface area contributed by atoms with E-state index < -0.39 is 0 Å². The molecule has 2 rings (SSSR count). The van der Waals surface area contributed by atoms with Gasteiger partial charge in [0.1, 0.15) is 6.07 Å². The molecule has 0 bridgehead atoms. The first-order valence-electron chi connectivity index (χ1n) is 4.37. The summed E-state index contributed by atoms with van der Waals surface area (Å²) in [6, 6.07) is 9.43. The molecule has 5 nitrogen and oxygen atoms in total. The lowest BCUT2D eigenvalue weighted by Crippen LogP contribution is -2.34. The lowest BCUT2D eigenvalue weighted by Gasteiger charge is -1.88. The molecule has 15 heavy (non-hydrogen) atoms. The Bertz CT molecular complexity index is 577. The van der Waals surface area contributed by atoms with Crippen LogP contribution in [-0.2, 0) is 7.05 Å². The second-order valence-electron chi connectivity index (χ2n) is 3.11. The van der Waals surface area contributed by atoms with Crippen LogP contribution >= 0.6 is 0 Å². The number of nitrogens with one attached hydrogen (secondary N) is 1. The quantitative estimate of drug-likeness (QED) is 0.308. The topological polar surface area (TPSA) is 76.1 Å². The maximum absolute atomic E-state index is 8.75. The number of imidazole rings is 1. The fourth-order valence-corrected chi connectivity index (χ4v) is 1.54. The first kappa shape index (κ1) is 9.21. The second kappa shape index (κ2) is 3.42. The van der Waals surface area contributed by atoms with Gasteiger partial charge >= 0.3 is 5.82 Å². The number of oxime groups is 1. The number of aromatic nitrogens is 2. The molecule has 0 saturated heterocycles. The van der Waals surface area contributed by atoms with Crippen LogP contribution in [-0.4, -0.2) is 15.9 Å². The molecule has 2 N–H and O–H groups in total. The highest BCUT2D eigenvalue weighted by molar-refractivity contribution is 6.08. The van der Waals surface area contributed by atoms with Crippen LogP contribution in [0.25, 0.3) is 11.0 Å². The summed E-state index contributed by atoms with van der Waals surface area (Å²) in [6.07, 6.45) is 0. The van der Waals surface area contributed by atoms with Crippen LogP contribution in [0.5, 0.6) is 0 Å². The van der Waals surface area contributed by atoms with Crippen LogP contribution in [0.4, 0.5) is 0 Å². The molecule has 0 radical (unpaired) electrons. The largest absolute Gasteiger partial charge is 0.410 e. The number of aryl methyl sites for hydroxylation is 1. The average molecular weight is 201 g/mol. The molecule has 2 aromatic rings. The highest BCUT2D eigenvalue weighted by Crippen LogP contribution is 2.08. The third-order valence-electron chi connectivity index (χ3n) is 2.28. The molecule has 0 atom stereocenters. The zero-order valence-electron chi connectivity index (χ0n) is 8.10. The van der Waals surface area contributed by atoms with Crippen LogP contribution in [0.15, 0.2) is 29.4 Å². The number of rotatable bonds is 1. The number of fused-ring (bicyclic) bond motifs is 1. The normalized spacial score (nSPS) is 11.6. The Morgan fingerprint density at radius 2 is 2.27 bits per heavy atom. The van der Waals surface area contributed by atoms with Gasteiger partial charge in [0.15, 0.2) is 11.0 Å². The number of nitriles is 1. The summed E-state index contributed by atoms with van der Waals surface area (Å²) < 4.78 is 1.77. The van der Waals surface area contributed by atoms with Crippen molar-refractivity contribution in [3.05, 3.63) is 30.1 Å². The standard InChI is InChI=1S/C10H8N4O/c1-14-9-5-3-2-4-7(9)12-10(14)8(6-11)13-15/h2-5H,1H3,(H,12,15)/p+1. The molecule has 0 saturated carbocycles. The van der Waals surface area contributed by atoms with Crippen molar-refractivity contribution in [1.29, 1.82) is 5.26 Å². The molecule has 1 heterocycles. The van der Waals surface area contributed by atoms with Crippen molar-refractivity contribution >= 4 is 16.7 Å². The summed E-state index contributed by atoms with van der Waals surface area (Å²) in [5, 5.41) is 20.4. The number of hydrogen-bond donors (Lipinski definition) is 2. The predicted molar refractivity (Wildman–Crippen MR) is 53.4 cm³/mol. The molecule has 74 valence electrons. The van der Waals surface area contributed by atoms with Gasteiger partial charge in [0.25, 0.3) is 5.71 Å². The van der Waals surface area contributed by atoms with E-state index in [0.717, 1.165) is 11.0 Å². The van der Waals surface area contributed by atoms with Gasteiger partial charge in [-0.25, -0.2) is 9.55 Å². The van der Waals surface area contributed by atoms with E-state index >= 15 is 0 Å². The van der Waals surface area contributed by atoms with Gasteiger partial charge in [-0.15, -0.1) is 0 Å². The Morgan fingerprint density at radius 3 is 2.87 bits per heavy atom. The van der Waals surface area contributed by atoms with Crippen LogP contribution in [0, 0.1) is 11.3 Å². The smallest absolute Gasteiger partial charge is 0.320 e. The lowest BCUT2D eigenvalue weighted by molar-refractivity contribution is -0.646. The van der Waals surface area contributed by atoms with E-state index in [1.165, 1.54) is 0 Å². The van der Waals surface area contributed by atoms with Crippen molar-refractivity contribution in [1.82, 2.24) is 4.98 Å². The fraction of sp³-hybridized carbons (Fsp3) is 0.100. The fourth-order valence-electron chi connectivity index (χ4n) is 1.54. The molecule has 0 aliphatic heterocycles. The SMILES string of the molecule is C[n+]1c(/C(C#N)=N/O)[nH]c2ccccc21. The summed E-state index contributed by atoms with van der Waals surface area (Å²) in [7, 11) is 1.80.